The SMILES string of the molecule is N#Cc1c(-c2ccccc2)ccc2c1Oc1cc(-c3ccccc3)cc3c1B2c1ccc(-c2ccccc2)c(C#N)c1N3c1ccccc1. The lowest BCUT2D eigenvalue weighted by Crippen LogP contribution is -2.60. The second kappa shape index (κ2) is 11.5. The van der Waals surface area contributed by atoms with E-state index >= 15 is 0 Å². The summed E-state index contributed by atoms with van der Waals surface area (Å²) in [4.78, 5) is 2.22. The number of hydrogen-bond acceptors (Lipinski definition) is 4. The van der Waals surface area contributed by atoms with Gasteiger partial charge in [-0.15, -0.1) is 0 Å². The van der Waals surface area contributed by atoms with Gasteiger partial charge in [-0.25, -0.2) is 0 Å². The van der Waals surface area contributed by atoms with Crippen molar-refractivity contribution >= 4 is 40.2 Å². The van der Waals surface area contributed by atoms with Gasteiger partial charge in [0.15, 0.2) is 0 Å². The summed E-state index contributed by atoms with van der Waals surface area (Å²) < 4.78 is 6.91. The molecule has 5 heteroatoms. The van der Waals surface area contributed by atoms with Crippen LogP contribution in [0.4, 0.5) is 17.1 Å². The standard InChI is InChI=1S/C44H26BN3O/c46-27-36-34(30-15-7-2-8-16-30)21-23-38-43(36)48(33-19-11-4-12-20-33)40-25-32(29-13-5-1-6-14-29)26-41-42(40)45(38)39-24-22-35(31-17-9-3-10-18-31)37(28-47)44(39)49-41/h1-26H. The molecule has 0 aromatic heterocycles. The predicted octanol–water partition coefficient (Wildman–Crippen LogP) is 8.84. The van der Waals surface area contributed by atoms with Crippen LogP contribution in [0.15, 0.2) is 158 Å². The van der Waals surface area contributed by atoms with Crippen molar-refractivity contribution in [2.75, 3.05) is 4.90 Å². The lowest BCUT2D eigenvalue weighted by Gasteiger charge is -2.41. The van der Waals surface area contributed by atoms with E-state index in [1.807, 2.05) is 103 Å². The van der Waals surface area contributed by atoms with E-state index in [0.29, 0.717) is 22.6 Å². The van der Waals surface area contributed by atoms with Crippen molar-refractivity contribution in [3.05, 3.63) is 169 Å². The molecular weight excluding hydrogens is 597 g/mol. The van der Waals surface area contributed by atoms with Gasteiger partial charge < -0.3 is 9.64 Å². The molecule has 49 heavy (non-hydrogen) atoms. The number of hydrogen-bond donors (Lipinski definition) is 0. The average molecular weight is 624 g/mol. The molecule has 7 aromatic carbocycles. The van der Waals surface area contributed by atoms with Crippen LogP contribution >= 0.6 is 0 Å². The Labute approximate surface area is 285 Å². The molecule has 0 bridgehead atoms. The number of ether oxygens (including phenoxy) is 1. The van der Waals surface area contributed by atoms with Crippen LogP contribution in [-0.4, -0.2) is 6.71 Å². The van der Waals surface area contributed by atoms with Gasteiger partial charge >= 0.3 is 0 Å². The minimum Gasteiger partial charge on any atom is -0.457 e. The Kier molecular flexibility index (Phi) is 6.64. The summed E-state index contributed by atoms with van der Waals surface area (Å²) in [7, 11) is 0. The molecule has 0 saturated heterocycles. The van der Waals surface area contributed by atoms with Crippen molar-refractivity contribution in [3.8, 4) is 57.0 Å². The fourth-order valence-corrected chi connectivity index (χ4v) is 7.48. The van der Waals surface area contributed by atoms with Crippen molar-refractivity contribution < 1.29 is 4.74 Å². The van der Waals surface area contributed by atoms with Crippen molar-refractivity contribution in [1.29, 1.82) is 10.5 Å². The van der Waals surface area contributed by atoms with Crippen molar-refractivity contribution in [2.45, 2.75) is 0 Å². The third-order valence-corrected chi connectivity index (χ3v) is 9.62. The lowest BCUT2D eigenvalue weighted by atomic mass is 9.33. The second-order valence-corrected chi connectivity index (χ2v) is 12.3. The summed E-state index contributed by atoms with van der Waals surface area (Å²) in [6, 6.07) is 58.3. The number of nitrogens with zero attached hydrogens (tertiary/aromatic N) is 3. The summed E-state index contributed by atoms with van der Waals surface area (Å²) in [6.07, 6.45) is 0. The van der Waals surface area contributed by atoms with E-state index in [2.05, 4.69) is 71.6 Å². The minimum absolute atomic E-state index is 0.276. The van der Waals surface area contributed by atoms with Gasteiger partial charge in [0, 0.05) is 22.5 Å². The topological polar surface area (TPSA) is 60.0 Å². The van der Waals surface area contributed by atoms with Gasteiger partial charge in [-0.05, 0) is 62.9 Å². The van der Waals surface area contributed by atoms with Gasteiger partial charge in [0.05, 0.1) is 11.3 Å². The quantitative estimate of drug-likeness (QED) is 0.184. The van der Waals surface area contributed by atoms with E-state index in [0.717, 1.165) is 66.8 Å². The smallest absolute Gasteiger partial charge is 0.256 e. The van der Waals surface area contributed by atoms with Crippen LogP contribution in [0.5, 0.6) is 11.5 Å². The zero-order valence-corrected chi connectivity index (χ0v) is 26.3. The van der Waals surface area contributed by atoms with E-state index in [9.17, 15) is 10.5 Å². The number of rotatable bonds is 4. The highest BCUT2D eigenvalue weighted by atomic mass is 16.5. The Morgan fingerprint density at radius 3 is 1.63 bits per heavy atom. The monoisotopic (exact) mass is 623 g/mol. The number of anilines is 3. The second-order valence-electron chi connectivity index (χ2n) is 12.3. The maximum Gasteiger partial charge on any atom is 0.256 e. The molecule has 0 fully saturated rings. The minimum atomic E-state index is -0.276. The zero-order chi connectivity index (χ0) is 32.9. The summed E-state index contributed by atoms with van der Waals surface area (Å²) >= 11 is 0. The first kappa shape index (κ1) is 28.4. The lowest BCUT2D eigenvalue weighted by molar-refractivity contribution is 0.486. The van der Waals surface area contributed by atoms with Crippen molar-refractivity contribution in [3.63, 3.8) is 0 Å². The number of fused-ring (bicyclic) bond motifs is 4. The first-order chi connectivity index (χ1) is 24.2. The third-order valence-electron chi connectivity index (χ3n) is 9.62. The van der Waals surface area contributed by atoms with Gasteiger partial charge in [0.25, 0.3) is 6.71 Å². The summed E-state index contributed by atoms with van der Waals surface area (Å²) in [5.74, 6) is 1.26. The molecular formula is C44H26BN3O. The fraction of sp³-hybridized carbons (Fsp3) is 0. The van der Waals surface area contributed by atoms with Crippen LogP contribution in [0.3, 0.4) is 0 Å². The van der Waals surface area contributed by atoms with Crippen LogP contribution in [0, 0.1) is 22.7 Å². The highest BCUT2D eigenvalue weighted by Crippen LogP contribution is 2.46. The van der Waals surface area contributed by atoms with Gasteiger partial charge in [-0.3, -0.25) is 0 Å². The van der Waals surface area contributed by atoms with Gasteiger partial charge in [0.2, 0.25) is 0 Å². The van der Waals surface area contributed by atoms with Crippen molar-refractivity contribution in [2.24, 2.45) is 0 Å². The van der Waals surface area contributed by atoms with E-state index in [-0.39, 0.29) is 6.71 Å². The molecule has 0 spiro atoms. The summed E-state index contributed by atoms with van der Waals surface area (Å²) in [5, 5.41) is 21.7. The molecule has 2 aliphatic heterocycles. The Morgan fingerprint density at radius 2 is 1.04 bits per heavy atom. The Balaban J connectivity index is 1.40. The molecule has 0 radical (unpaired) electrons. The van der Waals surface area contributed by atoms with Crippen LogP contribution in [0.1, 0.15) is 11.1 Å². The molecule has 0 atom stereocenters. The first-order valence-electron chi connectivity index (χ1n) is 16.3. The molecule has 0 amide bonds. The largest absolute Gasteiger partial charge is 0.457 e. The molecule has 0 N–H and O–H groups in total. The zero-order valence-electron chi connectivity index (χ0n) is 26.3. The van der Waals surface area contributed by atoms with E-state index in [1.165, 1.54) is 0 Å². The molecule has 9 rings (SSSR count). The van der Waals surface area contributed by atoms with E-state index < -0.39 is 0 Å². The average Bonchev–Trinajstić information content (AvgIpc) is 3.18. The predicted molar refractivity (Wildman–Crippen MR) is 198 cm³/mol. The molecule has 4 nitrogen and oxygen atoms in total. The Hall–Kier alpha value is -6.82. The van der Waals surface area contributed by atoms with Gasteiger partial charge in [-0.2, -0.15) is 10.5 Å². The molecule has 226 valence electrons. The molecule has 2 aliphatic rings. The maximum atomic E-state index is 11.0. The normalized spacial score (nSPS) is 12.1. The van der Waals surface area contributed by atoms with Gasteiger partial charge in [-0.1, -0.05) is 133 Å². The van der Waals surface area contributed by atoms with Crippen molar-refractivity contribution in [1.82, 2.24) is 0 Å². The molecule has 0 unspecified atom stereocenters. The first-order valence-corrected chi connectivity index (χ1v) is 16.3. The van der Waals surface area contributed by atoms with Crippen LogP contribution < -0.4 is 26.0 Å². The van der Waals surface area contributed by atoms with E-state index in [1.54, 1.807) is 0 Å². The fourth-order valence-electron chi connectivity index (χ4n) is 7.48. The molecule has 0 aliphatic carbocycles. The van der Waals surface area contributed by atoms with Gasteiger partial charge in [0.1, 0.15) is 29.2 Å². The summed E-state index contributed by atoms with van der Waals surface area (Å²) in [5.41, 5.74) is 12.4. The third kappa shape index (κ3) is 4.45. The number of benzene rings is 7. The maximum absolute atomic E-state index is 11.0. The number of nitriles is 2. The number of para-hydroxylation sites is 1. The molecule has 7 aromatic rings. The molecule has 2 heterocycles. The van der Waals surface area contributed by atoms with Crippen LogP contribution in [-0.2, 0) is 0 Å². The highest BCUT2D eigenvalue weighted by molar-refractivity contribution is 6.99. The van der Waals surface area contributed by atoms with E-state index in [4.69, 9.17) is 4.74 Å². The Morgan fingerprint density at radius 1 is 0.510 bits per heavy atom. The highest BCUT2D eigenvalue weighted by Gasteiger charge is 2.44. The summed E-state index contributed by atoms with van der Waals surface area (Å²) in [6.45, 7) is -0.276. The van der Waals surface area contributed by atoms with Crippen LogP contribution in [0.25, 0.3) is 33.4 Å². The molecule has 0 saturated carbocycles. The van der Waals surface area contributed by atoms with Crippen LogP contribution in [0.2, 0.25) is 0 Å². The Bertz CT molecular complexity index is 2490.